The lowest BCUT2D eigenvalue weighted by atomic mass is 9.73. The molecule has 7 heteroatoms. The van der Waals surface area contributed by atoms with Crippen molar-refractivity contribution in [2.45, 2.75) is 45.4 Å². The molecule has 2 fully saturated rings. The molecule has 1 aromatic heterocycles. The summed E-state index contributed by atoms with van der Waals surface area (Å²) in [5.74, 6) is 0.218. The van der Waals surface area contributed by atoms with Gasteiger partial charge in [0.1, 0.15) is 0 Å². The number of piperidine rings is 2. The van der Waals surface area contributed by atoms with Crippen LogP contribution in [0.15, 0.2) is 12.5 Å². The van der Waals surface area contributed by atoms with E-state index in [1.807, 2.05) is 16.7 Å². The second kappa shape index (κ2) is 7.89. The number of rotatable bonds is 5. The smallest absolute Gasteiger partial charge is 0.409 e. The van der Waals surface area contributed by atoms with E-state index in [1.54, 1.807) is 12.5 Å². The van der Waals surface area contributed by atoms with Crippen LogP contribution < -0.4 is 0 Å². The Morgan fingerprint density at radius 2 is 2.28 bits per heavy atom. The number of imidazole rings is 1. The first-order valence-electron chi connectivity index (χ1n) is 9.29. The van der Waals surface area contributed by atoms with Crippen molar-refractivity contribution in [3.05, 3.63) is 18.2 Å². The van der Waals surface area contributed by atoms with E-state index in [0.29, 0.717) is 26.1 Å². The molecule has 0 aromatic carbocycles. The number of nitrogens with zero attached hydrogens (tertiary/aromatic N) is 3. The number of H-pyrrole nitrogens is 1. The van der Waals surface area contributed by atoms with Gasteiger partial charge in [0.05, 0.1) is 12.9 Å². The van der Waals surface area contributed by atoms with Crippen molar-refractivity contribution in [2.75, 3.05) is 32.8 Å². The first kappa shape index (κ1) is 17.8. The fourth-order valence-corrected chi connectivity index (χ4v) is 3.96. The van der Waals surface area contributed by atoms with Gasteiger partial charge in [0.25, 0.3) is 0 Å². The Bertz CT molecular complexity index is 589. The molecule has 3 heterocycles. The van der Waals surface area contributed by atoms with Crippen molar-refractivity contribution in [2.24, 2.45) is 5.41 Å². The van der Waals surface area contributed by atoms with Crippen LogP contribution in [0, 0.1) is 5.41 Å². The van der Waals surface area contributed by atoms with E-state index in [4.69, 9.17) is 4.74 Å². The summed E-state index contributed by atoms with van der Waals surface area (Å²) >= 11 is 0. The van der Waals surface area contributed by atoms with E-state index in [0.717, 1.165) is 50.9 Å². The molecule has 0 radical (unpaired) electrons. The van der Waals surface area contributed by atoms with E-state index in [2.05, 4.69) is 9.97 Å². The van der Waals surface area contributed by atoms with Crippen LogP contribution in [0.3, 0.4) is 0 Å². The number of amides is 2. The Morgan fingerprint density at radius 1 is 1.40 bits per heavy atom. The number of nitrogens with one attached hydrogen (secondary N) is 1. The number of carbonyl (C=O) groups is 2. The highest BCUT2D eigenvalue weighted by Crippen LogP contribution is 2.39. The van der Waals surface area contributed by atoms with Gasteiger partial charge in [-0.25, -0.2) is 9.78 Å². The molecular weight excluding hydrogens is 320 g/mol. The van der Waals surface area contributed by atoms with Gasteiger partial charge in [-0.05, 0) is 25.7 Å². The molecule has 1 atom stereocenters. The normalized spacial score (nSPS) is 24.0. The van der Waals surface area contributed by atoms with Gasteiger partial charge in [-0.15, -0.1) is 0 Å². The molecule has 0 saturated carbocycles. The summed E-state index contributed by atoms with van der Waals surface area (Å²) in [6.45, 7) is 5.35. The predicted molar refractivity (Wildman–Crippen MR) is 93.0 cm³/mol. The Hall–Kier alpha value is -2.05. The van der Waals surface area contributed by atoms with E-state index in [1.165, 1.54) is 0 Å². The van der Waals surface area contributed by atoms with Crippen molar-refractivity contribution in [3.8, 4) is 0 Å². The van der Waals surface area contributed by atoms with Crippen LogP contribution in [-0.2, 0) is 16.0 Å². The molecule has 2 saturated heterocycles. The van der Waals surface area contributed by atoms with Gasteiger partial charge in [-0.3, -0.25) is 4.79 Å². The van der Waals surface area contributed by atoms with Crippen LogP contribution in [-0.4, -0.2) is 64.6 Å². The lowest BCUT2D eigenvalue weighted by Gasteiger charge is -2.47. The van der Waals surface area contributed by atoms with Gasteiger partial charge < -0.3 is 19.5 Å². The maximum absolute atomic E-state index is 12.3. The highest BCUT2D eigenvalue weighted by molar-refractivity contribution is 5.77. The second-order valence-electron chi connectivity index (χ2n) is 7.28. The summed E-state index contributed by atoms with van der Waals surface area (Å²) < 4.78 is 5.30. The molecule has 2 aliphatic heterocycles. The molecule has 0 aliphatic carbocycles. The quantitative estimate of drug-likeness (QED) is 0.885. The molecule has 25 heavy (non-hydrogen) atoms. The van der Waals surface area contributed by atoms with E-state index < -0.39 is 0 Å². The van der Waals surface area contributed by atoms with Crippen molar-refractivity contribution in [1.82, 2.24) is 19.8 Å². The molecule has 138 valence electrons. The van der Waals surface area contributed by atoms with Crippen molar-refractivity contribution in [3.63, 3.8) is 0 Å². The minimum Gasteiger partial charge on any atom is -0.449 e. The van der Waals surface area contributed by atoms with E-state index in [9.17, 15) is 9.59 Å². The van der Waals surface area contributed by atoms with Crippen molar-refractivity contribution < 1.29 is 14.3 Å². The van der Waals surface area contributed by atoms with Gasteiger partial charge in [0.15, 0.2) is 0 Å². The third-order valence-electron chi connectivity index (χ3n) is 5.30. The highest BCUT2D eigenvalue weighted by atomic mass is 16.6. The van der Waals surface area contributed by atoms with Gasteiger partial charge in [0, 0.05) is 56.3 Å². The Balaban J connectivity index is 1.60. The summed E-state index contributed by atoms with van der Waals surface area (Å²) in [6.07, 6.45) is 8.35. The van der Waals surface area contributed by atoms with Crippen LogP contribution in [0.1, 0.15) is 44.7 Å². The molecular formula is C18H28N4O3. The van der Waals surface area contributed by atoms with Gasteiger partial charge in [-0.1, -0.05) is 6.92 Å². The average molecular weight is 348 g/mol. The molecule has 7 nitrogen and oxygen atoms in total. The van der Waals surface area contributed by atoms with Gasteiger partial charge in [-0.2, -0.15) is 0 Å². The minimum absolute atomic E-state index is 0.0192. The summed E-state index contributed by atoms with van der Waals surface area (Å²) in [5, 5.41) is 0. The third-order valence-corrected chi connectivity index (χ3v) is 5.30. The first-order chi connectivity index (χ1) is 12.1. The molecule has 2 amide bonds. The molecule has 1 spiro atoms. The maximum atomic E-state index is 12.3. The highest BCUT2D eigenvalue weighted by Gasteiger charge is 2.42. The Labute approximate surface area is 148 Å². The largest absolute Gasteiger partial charge is 0.449 e. The number of hydrogen-bond donors (Lipinski definition) is 1. The number of hydrogen-bond acceptors (Lipinski definition) is 4. The summed E-state index contributed by atoms with van der Waals surface area (Å²) in [4.78, 5) is 35.5. The molecule has 2 aliphatic rings. The fourth-order valence-electron chi connectivity index (χ4n) is 3.96. The maximum Gasteiger partial charge on any atom is 0.409 e. The van der Waals surface area contributed by atoms with Crippen LogP contribution >= 0.6 is 0 Å². The Kier molecular flexibility index (Phi) is 5.60. The molecule has 0 bridgehead atoms. The predicted octanol–water partition coefficient (Wildman–Crippen LogP) is 2.20. The molecule has 1 unspecified atom stereocenters. The zero-order valence-electron chi connectivity index (χ0n) is 15.0. The second-order valence-corrected chi connectivity index (χ2v) is 7.28. The summed E-state index contributed by atoms with van der Waals surface area (Å²) in [6, 6.07) is 0. The molecule has 3 rings (SSSR count). The number of ether oxygens (including phenoxy) is 1. The molecule has 1 aromatic rings. The number of likely N-dealkylation sites (tertiary alicyclic amines) is 2. The van der Waals surface area contributed by atoms with Crippen LogP contribution in [0.25, 0.3) is 0 Å². The van der Waals surface area contributed by atoms with Crippen molar-refractivity contribution in [1.29, 1.82) is 0 Å². The number of aromatic nitrogens is 2. The third kappa shape index (κ3) is 4.32. The lowest BCUT2D eigenvalue weighted by Crippen LogP contribution is -2.55. The Morgan fingerprint density at radius 3 is 3.04 bits per heavy atom. The lowest BCUT2D eigenvalue weighted by molar-refractivity contribution is -0.139. The number of aromatic amines is 1. The van der Waals surface area contributed by atoms with Crippen LogP contribution in [0.2, 0.25) is 0 Å². The fraction of sp³-hybridized carbons (Fsp3) is 0.722. The zero-order valence-corrected chi connectivity index (χ0v) is 15.0. The summed E-state index contributed by atoms with van der Waals surface area (Å²) in [5.41, 5.74) is 1.06. The van der Waals surface area contributed by atoms with E-state index >= 15 is 0 Å². The topological polar surface area (TPSA) is 78.5 Å². The average Bonchev–Trinajstić information content (AvgIpc) is 3.14. The number of carbonyl (C=O) groups excluding carboxylic acids is 2. The van der Waals surface area contributed by atoms with Crippen LogP contribution in [0.4, 0.5) is 4.79 Å². The first-order valence-corrected chi connectivity index (χ1v) is 9.29. The zero-order chi connectivity index (χ0) is 17.7. The standard InChI is InChI=1S/C18H28N4O3/c1-2-10-25-17(24)22-8-3-6-18(13-22)7-4-16(23)21(12-18)9-5-15-11-19-14-20-15/h11,14H,2-10,12-13H2,1H3,(H,19,20). The van der Waals surface area contributed by atoms with Crippen LogP contribution in [0.5, 0.6) is 0 Å². The minimum atomic E-state index is -0.207. The van der Waals surface area contributed by atoms with E-state index in [-0.39, 0.29) is 17.4 Å². The molecule has 1 N–H and O–H groups in total. The van der Waals surface area contributed by atoms with Crippen molar-refractivity contribution >= 4 is 12.0 Å². The van der Waals surface area contributed by atoms with Gasteiger partial charge in [0.2, 0.25) is 5.91 Å². The van der Waals surface area contributed by atoms with Gasteiger partial charge >= 0.3 is 6.09 Å². The SMILES string of the molecule is CCCOC(=O)N1CCCC2(CCC(=O)N(CCc3cnc[nH]3)C2)C1. The summed E-state index contributed by atoms with van der Waals surface area (Å²) in [7, 11) is 0. The monoisotopic (exact) mass is 348 g/mol.